The highest BCUT2D eigenvalue weighted by Crippen LogP contribution is 2.43. The molecule has 9 aromatic rings. The summed E-state index contributed by atoms with van der Waals surface area (Å²) in [6.07, 6.45) is 1.92. The smallest absolute Gasteiger partial charge is 0.143 e. The minimum absolute atomic E-state index is 0.0444. The summed E-state index contributed by atoms with van der Waals surface area (Å²) in [5.74, 6) is 0.975. The normalized spacial score (nSPS) is 12.4. The summed E-state index contributed by atoms with van der Waals surface area (Å²) in [6, 6.07) is 50.8. The first-order valence-electron chi connectivity index (χ1n) is 20.2. The van der Waals surface area contributed by atoms with Gasteiger partial charge in [-0.3, -0.25) is 4.98 Å². The van der Waals surface area contributed by atoms with Crippen molar-refractivity contribution in [1.82, 2.24) is 19.5 Å². The Labute approximate surface area is 336 Å². The Bertz CT molecular complexity index is 2930. The van der Waals surface area contributed by atoms with Crippen LogP contribution in [0.4, 0.5) is 0 Å². The molecule has 0 bridgehead atoms. The Balaban J connectivity index is 1.29. The van der Waals surface area contributed by atoms with Crippen LogP contribution in [0.5, 0.6) is 0 Å². The topological polar surface area (TPSA) is 46.5 Å². The Morgan fingerprint density at radius 3 is 1.86 bits per heavy atom. The molecule has 4 nitrogen and oxygen atoms in total. The van der Waals surface area contributed by atoms with Crippen LogP contribution in [0.1, 0.15) is 72.6 Å². The van der Waals surface area contributed by atoms with Crippen molar-refractivity contribution in [2.24, 2.45) is 0 Å². The van der Waals surface area contributed by atoms with E-state index in [9.17, 15) is 0 Å². The van der Waals surface area contributed by atoms with Gasteiger partial charge in [0.1, 0.15) is 5.82 Å². The van der Waals surface area contributed by atoms with Gasteiger partial charge in [0, 0.05) is 45.2 Å². The molecule has 3 heterocycles. The van der Waals surface area contributed by atoms with E-state index in [1.54, 1.807) is 0 Å². The van der Waals surface area contributed by atoms with Crippen molar-refractivity contribution in [3.8, 4) is 56.0 Å². The molecule has 0 aliphatic carbocycles. The fraction of sp³-hybridized carbons (Fsp3) is 0.208. The van der Waals surface area contributed by atoms with Crippen LogP contribution >= 0.6 is 0 Å². The lowest BCUT2D eigenvalue weighted by Crippen LogP contribution is -2.12. The Hall–Kier alpha value is -6.26. The fourth-order valence-electron chi connectivity index (χ4n) is 8.27. The molecule has 0 aliphatic heterocycles. The molecule has 0 aliphatic rings. The van der Waals surface area contributed by atoms with Crippen LogP contribution in [0.2, 0.25) is 0 Å². The molecule has 0 radical (unpaired) electrons. The second-order valence-electron chi connectivity index (χ2n) is 17.9. The molecule has 6 aromatic carbocycles. The van der Waals surface area contributed by atoms with Crippen LogP contribution < -0.4 is 0 Å². The molecule has 0 atom stereocenters. The average molecular weight is 743 g/mol. The van der Waals surface area contributed by atoms with E-state index < -0.39 is 0 Å². The third-order valence-electron chi connectivity index (χ3n) is 11.4. The largest absolute Gasteiger partial charge is 0.354 e. The molecular formula is C53H50N4. The maximum Gasteiger partial charge on any atom is 0.143 e. The number of nitrogens with one attached hydrogen (secondary N) is 1. The van der Waals surface area contributed by atoms with Crippen molar-refractivity contribution in [3.05, 3.63) is 157 Å². The number of fused-ring (bicyclic) bond motifs is 4. The first-order chi connectivity index (χ1) is 27.3. The monoisotopic (exact) mass is 742 g/mol. The number of H-pyrrole nitrogens is 1. The number of para-hydroxylation sites is 1. The number of aromatic nitrogens is 4. The molecule has 0 saturated heterocycles. The number of benzene rings is 6. The number of hydrogen-bond acceptors (Lipinski definition) is 2. The van der Waals surface area contributed by atoms with Gasteiger partial charge in [0.2, 0.25) is 0 Å². The van der Waals surface area contributed by atoms with E-state index in [2.05, 4.69) is 204 Å². The van der Waals surface area contributed by atoms with Gasteiger partial charge < -0.3 is 9.55 Å². The summed E-state index contributed by atoms with van der Waals surface area (Å²) in [5.41, 5.74) is 16.9. The molecule has 4 heteroatoms. The van der Waals surface area contributed by atoms with E-state index in [4.69, 9.17) is 9.97 Å². The van der Waals surface area contributed by atoms with Gasteiger partial charge in [0.15, 0.2) is 0 Å². The van der Waals surface area contributed by atoms with Crippen molar-refractivity contribution >= 4 is 32.8 Å². The van der Waals surface area contributed by atoms with Gasteiger partial charge in [0.25, 0.3) is 0 Å². The quantitative estimate of drug-likeness (QED) is 0.184. The van der Waals surface area contributed by atoms with Gasteiger partial charge in [-0.25, -0.2) is 4.98 Å². The summed E-state index contributed by atoms with van der Waals surface area (Å²) in [5, 5.41) is 2.50. The van der Waals surface area contributed by atoms with Crippen molar-refractivity contribution in [2.75, 3.05) is 0 Å². The Morgan fingerprint density at radius 2 is 1.18 bits per heavy atom. The maximum absolute atomic E-state index is 5.67. The van der Waals surface area contributed by atoms with E-state index in [1.807, 2.05) is 6.20 Å². The van der Waals surface area contributed by atoms with Crippen LogP contribution in [-0.2, 0) is 10.8 Å². The van der Waals surface area contributed by atoms with Gasteiger partial charge in [-0.05, 0) is 124 Å². The third kappa shape index (κ3) is 6.63. The number of hydrogen-bond donors (Lipinski definition) is 1. The van der Waals surface area contributed by atoms with E-state index in [0.717, 1.165) is 72.5 Å². The molecule has 57 heavy (non-hydrogen) atoms. The lowest BCUT2D eigenvalue weighted by molar-refractivity contribution is 0.590. The number of nitrogens with zero attached hydrogens (tertiary/aromatic N) is 3. The molecule has 282 valence electrons. The van der Waals surface area contributed by atoms with E-state index in [1.165, 1.54) is 27.5 Å². The minimum Gasteiger partial charge on any atom is -0.354 e. The molecule has 0 unspecified atom stereocenters. The SMILES string of the molecule is CC(C)n1c(-c2cc(C(C)(C)C)cc3c2[nH]c2ccc(C(C)(C)C)cc23)nc2c(-c3cc(-c4ccccc4)cc(-c4cc(-c5ccccc5)ccn4)c3)cccc21. The fourth-order valence-corrected chi connectivity index (χ4v) is 8.27. The number of aromatic amines is 1. The summed E-state index contributed by atoms with van der Waals surface area (Å²) < 4.78 is 2.43. The van der Waals surface area contributed by atoms with E-state index in [0.29, 0.717) is 0 Å². The molecular weight excluding hydrogens is 693 g/mol. The summed E-state index contributed by atoms with van der Waals surface area (Å²) in [7, 11) is 0. The van der Waals surface area contributed by atoms with E-state index in [-0.39, 0.29) is 16.9 Å². The number of rotatable bonds is 6. The highest BCUT2D eigenvalue weighted by molar-refractivity contribution is 6.12. The van der Waals surface area contributed by atoms with Gasteiger partial charge in [-0.15, -0.1) is 0 Å². The maximum atomic E-state index is 5.67. The first-order valence-corrected chi connectivity index (χ1v) is 20.2. The lowest BCUT2D eigenvalue weighted by Gasteiger charge is -2.22. The Morgan fingerprint density at radius 1 is 0.526 bits per heavy atom. The second kappa shape index (κ2) is 13.7. The molecule has 9 rings (SSSR count). The van der Waals surface area contributed by atoms with Crippen LogP contribution in [0, 0.1) is 0 Å². The zero-order valence-corrected chi connectivity index (χ0v) is 34.3. The highest BCUT2D eigenvalue weighted by atomic mass is 15.1. The standard InChI is InChI=1S/C53H50N4/c1-33(2)57-48-21-15-20-42(38-26-37(35-18-13-10-14-19-35)27-39(28-38)47-29-36(24-25-54-47)34-16-11-9-12-17-34)50(48)56-51(57)45-32-41(53(6,7)8)31-44-43-30-40(52(3,4)5)22-23-46(43)55-49(44)45/h9-33,55H,1-8H3. The van der Waals surface area contributed by atoms with Crippen LogP contribution in [0.3, 0.4) is 0 Å². The van der Waals surface area contributed by atoms with Crippen molar-refractivity contribution in [2.45, 2.75) is 72.3 Å². The highest BCUT2D eigenvalue weighted by Gasteiger charge is 2.25. The van der Waals surface area contributed by atoms with E-state index >= 15 is 0 Å². The van der Waals surface area contributed by atoms with Gasteiger partial charge in [-0.1, -0.05) is 120 Å². The molecule has 1 N–H and O–H groups in total. The number of pyridine rings is 1. The van der Waals surface area contributed by atoms with Crippen molar-refractivity contribution < 1.29 is 0 Å². The van der Waals surface area contributed by atoms with Gasteiger partial charge in [0.05, 0.1) is 22.2 Å². The third-order valence-corrected chi connectivity index (χ3v) is 11.4. The van der Waals surface area contributed by atoms with Crippen LogP contribution in [0.15, 0.2) is 146 Å². The van der Waals surface area contributed by atoms with Crippen molar-refractivity contribution in [3.63, 3.8) is 0 Å². The lowest BCUT2D eigenvalue weighted by atomic mass is 9.84. The summed E-state index contributed by atoms with van der Waals surface area (Å²) in [4.78, 5) is 14.5. The predicted molar refractivity (Wildman–Crippen MR) is 242 cm³/mol. The predicted octanol–water partition coefficient (Wildman–Crippen LogP) is 14.6. The summed E-state index contributed by atoms with van der Waals surface area (Å²) in [6.45, 7) is 18.3. The van der Waals surface area contributed by atoms with Crippen LogP contribution in [0.25, 0.3) is 88.9 Å². The van der Waals surface area contributed by atoms with Crippen LogP contribution in [-0.4, -0.2) is 19.5 Å². The summed E-state index contributed by atoms with van der Waals surface area (Å²) >= 11 is 0. The van der Waals surface area contributed by atoms with Crippen molar-refractivity contribution in [1.29, 1.82) is 0 Å². The minimum atomic E-state index is -0.0614. The average Bonchev–Trinajstić information content (AvgIpc) is 3.79. The second-order valence-corrected chi connectivity index (χ2v) is 17.9. The van der Waals surface area contributed by atoms with Gasteiger partial charge in [-0.2, -0.15) is 0 Å². The first kappa shape index (κ1) is 36.4. The Kier molecular flexibility index (Phi) is 8.77. The number of imidazole rings is 1. The van der Waals surface area contributed by atoms with Gasteiger partial charge >= 0.3 is 0 Å². The molecule has 0 amide bonds. The molecule has 0 fully saturated rings. The zero-order valence-electron chi connectivity index (χ0n) is 34.3. The molecule has 0 spiro atoms. The molecule has 0 saturated carbocycles. The molecule has 3 aromatic heterocycles. The zero-order chi connectivity index (χ0) is 39.6.